The number of carbonyl (C=O) groups excluding carboxylic acids is 1. The number of nitriles is 1. The summed E-state index contributed by atoms with van der Waals surface area (Å²) in [6.45, 7) is 1.99. The van der Waals surface area contributed by atoms with Crippen molar-refractivity contribution in [2.24, 2.45) is 0 Å². The molecule has 1 heterocycles. The van der Waals surface area contributed by atoms with Crippen LogP contribution in [-0.2, 0) is 4.74 Å². The fraction of sp³-hybridized carbons (Fsp3) is 0.300. The maximum absolute atomic E-state index is 11.4. The van der Waals surface area contributed by atoms with E-state index in [1.54, 1.807) is 6.92 Å². The summed E-state index contributed by atoms with van der Waals surface area (Å²) in [4.78, 5) is 15.2. The van der Waals surface area contributed by atoms with Crippen molar-refractivity contribution in [2.75, 3.05) is 13.7 Å². The average molecular weight is 206 g/mol. The standard InChI is InChI=1S/C10H10N2O3/c1-3-15-10(13)7-4-8(6-11)12-9(5-7)14-2/h4-5H,3H2,1-2H3. The Hall–Kier alpha value is -2.09. The smallest absolute Gasteiger partial charge is 0.338 e. The average Bonchev–Trinajstić information content (AvgIpc) is 2.28. The van der Waals surface area contributed by atoms with Crippen LogP contribution in [-0.4, -0.2) is 24.7 Å². The number of ether oxygens (including phenoxy) is 2. The first-order chi connectivity index (χ1) is 7.21. The van der Waals surface area contributed by atoms with Crippen molar-refractivity contribution < 1.29 is 14.3 Å². The third-order valence-electron chi connectivity index (χ3n) is 1.64. The number of aromatic nitrogens is 1. The Morgan fingerprint density at radius 1 is 1.60 bits per heavy atom. The lowest BCUT2D eigenvalue weighted by molar-refractivity contribution is 0.0525. The highest BCUT2D eigenvalue weighted by Crippen LogP contribution is 2.12. The van der Waals surface area contributed by atoms with Crippen LogP contribution in [0.15, 0.2) is 12.1 Å². The second-order valence-corrected chi connectivity index (χ2v) is 2.62. The number of methoxy groups -OCH3 is 1. The first-order valence-electron chi connectivity index (χ1n) is 4.34. The Labute approximate surface area is 87.3 Å². The summed E-state index contributed by atoms with van der Waals surface area (Å²) in [6.07, 6.45) is 0. The van der Waals surface area contributed by atoms with Gasteiger partial charge in [-0.25, -0.2) is 9.78 Å². The number of pyridine rings is 1. The summed E-state index contributed by atoms with van der Waals surface area (Å²) in [5.41, 5.74) is 0.387. The molecule has 1 rings (SSSR count). The highest BCUT2D eigenvalue weighted by Gasteiger charge is 2.10. The number of rotatable bonds is 3. The number of nitrogens with zero attached hydrogens (tertiary/aromatic N) is 2. The molecule has 0 N–H and O–H groups in total. The van der Waals surface area contributed by atoms with Crippen LogP contribution >= 0.6 is 0 Å². The molecule has 0 unspecified atom stereocenters. The lowest BCUT2D eigenvalue weighted by atomic mass is 10.2. The Morgan fingerprint density at radius 2 is 2.33 bits per heavy atom. The van der Waals surface area contributed by atoms with Gasteiger partial charge in [0.25, 0.3) is 0 Å². The van der Waals surface area contributed by atoms with Gasteiger partial charge >= 0.3 is 5.97 Å². The van der Waals surface area contributed by atoms with Gasteiger partial charge in [0.15, 0.2) is 0 Å². The molecule has 0 aliphatic heterocycles. The minimum Gasteiger partial charge on any atom is -0.481 e. The Balaban J connectivity index is 3.08. The van der Waals surface area contributed by atoms with Gasteiger partial charge in [0.1, 0.15) is 11.8 Å². The van der Waals surface area contributed by atoms with Gasteiger partial charge in [-0.1, -0.05) is 0 Å². The first kappa shape index (κ1) is 11.0. The fourth-order valence-electron chi connectivity index (χ4n) is 0.999. The van der Waals surface area contributed by atoms with E-state index in [0.29, 0.717) is 0 Å². The minimum absolute atomic E-state index is 0.123. The monoisotopic (exact) mass is 206 g/mol. The summed E-state index contributed by atoms with van der Waals surface area (Å²) in [6, 6.07) is 4.63. The highest BCUT2D eigenvalue weighted by molar-refractivity contribution is 5.90. The third-order valence-corrected chi connectivity index (χ3v) is 1.64. The van der Waals surface area contributed by atoms with Crippen LogP contribution in [0.25, 0.3) is 0 Å². The molecule has 1 aromatic rings. The molecule has 0 aromatic carbocycles. The molecule has 0 saturated carbocycles. The summed E-state index contributed by atoms with van der Waals surface area (Å²) in [7, 11) is 1.42. The van der Waals surface area contributed by atoms with E-state index in [1.165, 1.54) is 19.2 Å². The van der Waals surface area contributed by atoms with Crippen LogP contribution in [0.4, 0.5) is 0 Å². The van der Waals surface area contributed by atoms with E-state index in [2.05, 4.69) is 4.98 Å². The van der Waals surface area contributed by atoms with Crippen LogP contribution in [0.2, 0.25) is 0 Å². The van der Waals surface area contributed by atoms with Crippen LogP contribution in [0, 0.1) is 11.3 Å². The first-order valence-corrected chi connectivity index (χ1v) is 4.34. The normalized spacial score (nSPS) is 9.13. The summed E-state index contributed by atoms with van der Waals surface area (Å²) >= 11 is 0. The van der Waals surface area contributed by atoms with Gasteiger partial charge in [0, 0.05) is 6.07 Å². The summed E-state index contributed by atoms with van der Waals surface area (Å²) in [5.74, 6) is -0.271. The van der Waals surface area contributed by atoms with Crippen molar-refractivity contribution >= 4 is 5.97 Å². The molecule has 0 radical (unpaired) electrons. The van der Waals surface area contributed by atoms with Gasteiger partial charge in [-0.15, -0.1) is 0 Å². The van der Waals surface area contributed by atoms with Crippen LogP contribution in [0.5, 0.6) is 5.88 Å². The maximum atomic E-state index is 11.4. The van der Waals surface area contributed by atoms with Crippen LogP contribution in [0.3, 0.4) is 0 Å². The lowest BCUT2D eigenvalue weighted by Gasteiger charge is -2.04. The van der Waals surface area contributed by atoms with E-state index >= 15 is 0 Å². The molecule has 5 nitrogen and oxygen atoms in total. The number of hydrogen-bond donors (Lipinski definition) is 0. The molecule has 15 heavy (non-hydrogen) atoms. The summed E-state index contributed by atoms with van der Waals surface area (Å²) < 4.78 is 9.65. The molecule has 0 atom stereocenters. The van der Waals surface area contributed by atoms with Crippen molar-refractivity contribution in [1.82, 2.24) is 4.98 Å². The number of carbonyl (C=O) groups is 1. The molecule has 0 bridgehead atoms. The third kappa shape index (κ3) is 2.68. The van der Waals surface area contributed by atoms with E-state index in [0.717, 1.165) is 0 Å². The van der Waals surface area contributed by atoms with Crippen molar-refractivity contribution in [3.8, 4) is 11.9 Å². The Morgan fingerprint density at radius 3 is 2.87 bits per heavy atom. The zero-order valence-electron chi connectivity index (χ0n) is 8.48. The van der Waals surface area contributed by atoms with Crippen LogP contribution < -0.4 is 4.74 Å². The zero-order valence-corrected chi connectivity index (χ0v) is 8.48. The van der Waals surface area contributed by atoms with Crippen molar-refractivity contribution in [1.29, 1.82) is 5.26 Å². The van der Waals surface area contributed by atoms with Crippen molar-refractivity contribution in [3.63, 3.8) is 0 Å². The second kappa shape index (κ2) is 4.96. The second-order valence-electron chi connectivity index (χ2n) is 2.62. The molecule has 0 spiro atoms. The van der Waals surface area contributed by atoms with Crippen molar-refractivity contribution in [2.45, 2.75) is 6.92 Å². The van der Waals surface area contributed by atoms with E-state index < -0.39 is 5.97 Å². The van der Waals surface area contributed by atoms with E-state index in [1.807, 2.05) is 6.07 Å². The van der Waals surface area contributed by atoms with Gasteiger partial charge in [-0.3, -0.25) is 0 Å². The maximum Gasteiger partial charge on any atom is 0.338 e. The molecule has 0 fully saturated rings. The van der Waals surface area contributed by atoms with Gasteiger partial charge in [0.2, 0.25) is 5.88 Å². The lowest BCUT2D eigenvalue weighted by Crippen LogP contribution is -2.06. The quantitative estimate of drug-likeness (QED) is 0.693. The largest absolute Gasteiger partial charge is 0.481 e. The molecule has 0 aliphatic carbocycles. The van der Waals surface area contributed by atoms with E-state index in [-0.39, 0.29) is 23.7 Å². The molecule has 0 saturated heterocycles. The summed E-state index contributed by atoms with van der Waals surface area (Å²) in [5, 5.41) is 8.67. The Kier molecular flexibility index (Phi) is 3.63. The molecule has 0 amide bonds. The Bertz CT molecular complexity index is 410. The van der Waals surface area contributed by atoms with E-state index in [4.69, 9.17) is 14.7 Å². The van der Waals surface area contributed by atoms with Crippen LogP contribution in [0.1, 0.15) is 23.0 Å². The van der Waals surface area contributed by atoms with Gasteiger partial charge < -0.3 is 9.47 Å². The van der Waals surface area contributed by atoms with Gasteiger partial charge in [0.05, 0.1) is 19.3 Å². The predicted molar refractivity (Wildman–Crippen MR) is 51.5 cm³/mol. The van der Waals surface area contributed by atoms with Gasteiger partial charge in [-0.05, 0) is 13.0 Å². The zero-order chi connectivity index (χ0) is 11.3. The number of hydrogen-bond acceptors (Lipinski definition) is 5. The number of esters is 1. The highest BCUT2D eigenvalue weighted by atomic mass is 16.5. The molecule has 78 valence electrons. The molecule has 5 heteroatoms. The molecular formula is C10H10N2O3. The predicted octanol–water partition coefficient (Wildman–Crippen LogP) is 1.14. The SMILES string of the molecule is CCOC(=O)c1cc(C#N)nc(OC)c1. The minimum atomic E-state index is -0.491. The van der Waals surface area contributed by atoms with E-state index in [9.17, 15) is 4.79 Å². The molecule has 1 aromatic heterocycles. The molecular weight excluding hydrogens is 196 g/mol. The fourth-order valence-corrected chi connectivity index (χ4v) is 0.999. The molecule has 0 aliphatic rings. The topological polar surface area (TPSA) is 72.2 Å². The van der Waals surface area contributed by atoms with Gasteiger partial charge in [-0.2, -0.15) is 5.26 Å². The van der Waals surface area contributed by atoms with Crippen molar-refractivity contribution in [3.05, 3.63) is 23.4 Å².